The van der Waals surface area contributed by atoms with Gasteiger partial charge in [0, 0.05) is 0 Å². The van der Waals surface area contributed by atoms with E-state index < -0.39 is 24.0 Å². The van der Waals surface area contributed by atoms with Crippen LogP contribution < -0.4 is 24.8 Å². The molecule has 0 spiro atoms. The molecule has 192 valence electrons. The standard InChI is InChI=1S/C26H30N2O8/c1-4-33-19-10-12-20(13-11-19)35-15-14-22(29)36-16-21-23(25(30)34-5-2)24(28-26(31)27-21)17-6-8-18(32-3)9-7-17/h6-13,24H,4-5,14-16H2,1-3H3,(H2,27,28,31). The van der Waals surface area contributed by atoms with Crippen LogP contribution in [0, 0.1) is 0 Å². The maximum absolute atomic E-state index is 12.8. The second kappa shape index (κ2) is 13.0. The van der Waals surface area contributed by atoms with Gasteiger partial charge in [0.2, 0.25) is 0 Å². The van der Waals surface area contributed by atoms with Crippen molar-refractivity contribution in [1.82, 2.24) is 10.6 Å². The monoisotopic (exact) mass is 498 g/mol. The maximum Gasteiger partial charge on any atom is 0.338 e. The van der Waals surface area contributed by atoms with Crippen LogP contribution in [0.5, 0.6) is 17.2 Å². The largest absolute Gasteiger partial charge is 0.497 e. The van der Waals surface area contributed by atoms with Crippen LogP contribution in [0.25, 0.3) is 0 Å². The first-order chi connectivity index (χ1) is 17.4. The molecule has 1 aliphatic heterocycles. The van der Waals surface area contributed by atoms with Gasteiger partial charge in [-0.15, -0.1) is 0 Å². The third-order valence-electron chi connectivity index (χ3n) is 5.19. The fourth-order valence-electron chi connectivity index (χ4n) is 3.50. The Kier molecular flexibility index (Phi) is 9.56. The number of carbonyl (C=O) groups excluding carboxylic acids is 3. The van der Waals surface area contributed by atoms with E-state index in [9.17, 15) is 14.4 Å². The van der Waals surface area contributed by atoms with Crippen LogP contribution in [-0.4, -0.2) is 51.5 Å². The van der Waals surface area contributed by atoms with Crippen molar-refractivity contribution in [2.24, 2.45) is 0 Å². The molecular formula is C26H30N2O8. The quantitative estimate of drug-likeness (QED) is 0.428. The van der Waals surface area contributed by atoms with Crippen LogP contribution in [-0.2, 0) is 19.1 Å². The van der Waals surface area contributed by atoms with Gasteiger partial charge in [0.15, 0.2) is 0 Å². The molecule has 0 bridgehead atoms. The number of carbonyl (C=O) groups is 3. The summed E-state index contributed by atoms with van der Waals surface area (Å²) in [5.41, 5.74) is 0.945. The minimum atomic E-state index is -0.791. The molecule has 0 fully saturated rings. The number of esters is 2. The SMILES string of the molecule is CCOC(=O)C1=C(COC(=O)CCOc2ccc(OCC)cc2)NC(=O)NC1c1ccc(OC)cc1. The lowest BCUT2D eigenvalue weighted by atomic mass is 9.95. The average Bonchev–Trinajstić information content (AvgIpc) is 2.88. The van der Waals surface area contributed by atoms with Gasteiger partial charge >= 0.3 is 18.0 Å². The van der Waals surface area contributed by atoms with Crippen LogP contribution in [0.15, 0.2) is 59.8 Å². The minimum Gasteiger partial charge on any atom is -0.497 e. The molecule has 2 N–H and O–H groups in total. The Morgan fingerprint density at radius 1 is 0.861 bits per heavy atom. The van der Waals surface area contributed by atoms with Gasteiger partial charge in [-0.1, -0.05) is 12.1 Å². The molecular weight excluding hydrogens is 468 g/mol. The Morgan fingerprint density at radius 3 is 2.11 bits per heavy atom. The van der Waals surface area contributed by atoms with Gasteiger partial charge in [0.05, 0.1) is 50.7 Å². The molecule has 2 amide bonds. The molecule has 2 aromatic carbocycles. The molecule has 3 rings (SSSR count). The van der Waals surface area contributed by atoms with E-state index in [1.807, 2.05) is 6.92 Å². The lowest BCUT2D eigenvalue weighted by Crippen LogP contribution is -2.47. The molecule has 10 nitrogen and oxygen atoms in total. The second-order valence-corrected chi connectivity index (χ2v) is 7.58. The van der Waals surface area contributed by atoms with Crippen LogP contribution in [0.1, 0.15) is 31.9 Å². The third-order valence-corrected chi connectivity index (χ3v) is 5.19. The molecule has 36 heavy (non-hydrogen) atoms. The zero-order valence-electron chi connectivity index (χ0n) is 20.5. The Bertz CT molecular complexity index is 1080. The smallest absolute Gasteiger partial charge is 0.338 e. The van der Waals surface area contributed by atoms with Gasteiger partial charge in [-0.3, -0.25) is 4.79 Å². The fraction of sp³-hybridized carbons (Fsp3) is 0.346. The number of hydrogen-bond acceptors (Lipinski definition) is 8. The number of amides is 2. The summed E-state index contributed by atoms with van der Waals surface area (Å²) in [5, 5.41) is 5.29. The van der Waals surface area contributed by atoms with Crippen molar-refractivity contribution in [3.63, 3.8) is 0 Å². The van der Waals surface area contributed by atoms with E-state index in [1.165, 1.54) is 0 Å². The minimum absolute atomic E-state index is 0.0245. The number of hydrogen-bond donors (Lipinski definition) is 2. The summed E-state index contributed by atoms with van der Waals surface area (Å²) in [6.07, 6.45) is -0.0245. The van der Waals surface area contributed by atoms with Crippen molar-refractivity contribution >= 4 is 18.0 Å². The van der Waals surface area contributed by atoms with E-state index in [2.05, 4.69) is 10.6 Å². The number of nitrogens with one attached hydrogen (secondary N) is 2. The zero-order valence-corrected chi connectivity index (χ0v) is 20.5. The molecule has 0 radical (unpaired) electrons. The fourth-order valence-corrected chi connectivity index (χ4v) is 3.50. The topological polar surface area (TPSA) is 121 Å². The average molecular weight is 499 g/mol. The van der Waals surface area contributed by atoms with Gasteiger partial charge in [0.1, 0.15) is 23.9 Å². The van der Waals surface area contributed by atoms with E-state index >= 15 is 0 Å². The third kappa shape index (κ3) is 7.14. The molecule has 1 unspecified atom stereocenters. The number of methoxy groups -OCH3 is 1. The predicted molar refractivity (Wildman–Crippen MR) is 130 cm³/mol. The number of ether oxygens (including phenoxy) is 5. The molecule has 0 aromatic heterocycles. The molecule has 1 aliphatic rings. The van der Waals surface area contributed by atoms with Crippen molar-refractivity contribution in [2.75, 3.05) is 33.5 Å². The van der Waals surface area contributed by atoms with Crippen molar-refractivity contribution in [3.05, 3.63) is 65.4 Å². The summed E-state index contributed by atoms with van der Waals surface area (Å²) in [4.78, 5) is 37.5. The van der Waals surface area contributed by atoms with Gasteiger partial charge in [-0.2, -0.15) is 0 Å². The van der Waals surface area contributed by atoms with E-state index in [0.29, 0.717) is 23.7 Å². The van der Waals surface area contributed by atoms with Crippen LogP contribution in [0.3, 0.4) is 0 Å². The van der Waals surface area contributed by atoms with E-state index in [-0.39, 0.29) is 37.5 Å². The predicted octanol–water partition coefficient (Wildman–Crippen LogP) is 3.28. The van der Waals surface area contributed by atoms with Crippen molar-refractivity contribution in [2.45, 2.75) is 26.3 Å². The summed E-state index contributed by atoms with van der Waals surface area (Å²) >= 11 is 0. The lowest BCUT2D eigenvalue weighted by molar-refractivity contribution is -0.144. The highest BCUT2D eigenvalue weighted by Crippen LogP contribution is 2.29. The Hall–Kier alpha value is -4.21. The Morgan fingerprint density at radius 2 is 1.50 bits per heavy atom. The first kappa shape index (κ1) is 26.4. The highest BCUT2D eigenvalue weighted by atomic mass is 16.5. The summed E-state index contributed by atoms with van der Waals surface area (Å²) in [6.45, 7) is 4.07. The normalized spacial score (nSPS) is 14.9. The second-order valence-electron chi connectivity index (χ2n) is 7.58. The maximum atomic E-state index is 12.8. The number of benzene rings is 2. The number of urea groups is 1. The van der Waals surface area contributed by atoms with E-state index in [4.69, 9.17) is 23.7 Å². The summed E-state index contributed by atoms with van der Waals surface area (Å²) in [6, 6.07) is 12.6. The summed E-state index contributed by atoms with van der Waals surface area (Å²) in [5.74, 6) is 0.766. The molecule has 1 atom stereocenters. The van der Waals surface area contributed by atoms with Crippen LogP contribution >= 0.6 is 0 Å². The van der Waals surface area contributed by atoms with Crippen molar-refractivity contribution in [1.29, 1.82) is 0 Å². The highest BCUT2D eigenvalue weighted by Gasteiger charge is 2.34. The van der Waals surface area contributed by atoms with Crippen LogP contribution in [0.4, 0.5) is 4.79 Å². The van der Waals surface area contributed by atoms with E-state index in [1.54, 1.807) is 62.6 Å². The highest BCUT2D eigenvalue weighted by molar-refractivity contribution is 5.95. The molecule has 0 aliphatic carbocycles. The van der Waals surface area contributed by atoms with Crippen LogP contribution in [0.2, 0.25) is 0 Å². The van der Waals surface area contributed by atoms with Crippen molar-refractivity contribution < 1.29 is 38.1 Å². The molecule has 0 saturated heterocycles. The first-order valence-corrected chi connectivity index (χ1v) is 11.6. The summed E-state index contributed by atoms with van der Waals surface area (Å²) in [7, 11) is 1.54. The zero-order chi connectivity index (χ0) is 25.9. The lowest BCUT2D eigenvalue weighted by Gasteiger charge is -2.29. The first-order valence-electron chi connectivity index (χ1n) is 11.6. The number of rotatable bonds is 12. The van der Waals surface area contributed by atoms with Gasteiger partial charge in [-0.25, -0.2) is 9.59 Å². The van der Waals surface area contributed by atoms with E-state index in [0.717, 1.165) is 5.75 Å². The molecule has 0 saturated carbocycles. The Labute approximate surface area is 209 Å². The van der Waals surface area contributed by atoms with Gasteiger partial charge in [0.25, 0.3) is 0 Å². The molecule has 1 heterocycles. The van der Waals surface area contributed by atoms with Gasteiger partial charge < -0.3 is 34.3 Å². The van der Waals surface area contributed by atoms with Gasteiger partial charge in [-0.05, 0) is 55.8 Å². The van der Waals surface area contributed by atoms with Crippen molar-refractivity contribution in [3.8, 4) is 17.2 Å². The molecule has 2 aromatic rings. The Balaban J connectivity index is 1.66. The summed E-state index contributed by atoms with van der Waals surface area (Å²) < 4.78 is 26.7. The molecule has 10 heteroatoms.